The van der Waals surface area contributed by atoms with Crippen LogP contribution in [0.15, 0.2) is 12.7 Å². The number of nitrogens with zero attached hydrogens (tertiary/aromatic N) is 1. The number of likely N-dealkylation sites (N-methyl/N-ethyl adjacent to an activating group) is 1. The fourth-order valence-electron chi connectivity index (χ4n) is 0.732. The van der Waals surface area contributed by atoms with E-state index >= 15 is 0 Å². The Bertz CT molecular complexity index is 365. The molecule has 0 saturated carbocycles. The Morgan fingerprint density at radius 3 is 2.53 bits per heavy atom. The Kier molecular flexibility index (Phi) is 5.82. The Morgan fingerprint density at radius 1 is 1.47 bits per heavy atom. The minimum atomic E-state index is -4.64. The van der Waals surface area contributed by atoms with Crippen molar-refractivity contribution in [3.05, 3.63) is 12.7 Å². The van der Waals surface area contributed by atoms with Crippen LogP contribution in [0, 0.1) is 11.8 Å². The van der Waals surface area contributed by atoms with E-state index in [4.69, 9.17) is 0 Å². The summed E-state index contributed by atoms with van der Waals surface area (Å²) in [7, 11) is 1.33. The molecule has 0 N–H and O–H groups in total. The molecule has 0 heterocycles. The van der Waals surface area contributed by atoms with Gasteiger partial charge in [-0.05, 0) is 0 Å². The normalized spacial score (nSPS) is 9.88. The van der Waals surface area contributed by atoms with E-state index in [1.54, 1.807) is 5.92 Å². The monoisotopic (exact) mass is 249 g/mol. The number of hydrogen-bond acceptors (Lipinski definition) is 3. The first-order valence-corrected chi connectivity index (χ1v) is 4.38. The van der Waals surface area contributed by atoms with Crippen molar-refractivity contribution in [2.75, 3.05) is 20.2 Å². The smallest absolute Gasteiger partial charge is 0.445 e. The fourth-order valence-corrected chi connectivity index (χ4v) is 0.732. The third-order valence-corrected chi connectivity index (χ3v) is 1.43. The molecular weight excluding hydrogens is 239 g/mol. The molecule has 0 aliphatic carbocycles. The highest BCUT2D eigenvalue weighted by Crippen LogP contribution is 2.11. The van der Waals surface area contributed by atoms with Crippen molar-refractivity contribution >= 4 is 11.9 Å². The van der Waals surface area contributed by atoms with E-state index in [0.29, 0.717) is 0 Å². The second-order valence-electron chi connectivity index (χ2n) is 2.85. The second kappa shape index (κ2) is 6.58. The van der Waals surface area contributed by atoms with Crippen molar-refractivity contribution in [1.82, 2.24) is 4.90 Å². The lowest BCUT2D eigenvalue weighted by atomic mass is 10.5. The molecule has 0 atom stereocenters. The number of esters is 1. The molecule has 17 heavy (non-hydrogen) atoms. The summed E-state index contributed by atoms with van der Waals surface area (Å²) in [5, 5.41) is 0. The standard InChI is InChI=1S/C10H10F3NO3/c1-3-6-14(2)8(15)9(16)17-7-4-5-10(11,12)13/h3H,1,6-7H2,2H3. The van der Waals surface area contributed by atoms with Gasteiger partial charge in [0.25, 0.3) is 0 Å². The van der Waals surface area contributed by atoms with Crippen LogP contribution in [0.1, 0.15) is 0 Å². The predicted molar refractivity (Wildman–Crippen MR) is 52.6 cm³/mol. The highest BCUT2D eigenvalue weighted by molar-refractivity contribution is 6.32. The third-order valence-electron chi connectivity index (χ3n) is 1.43. The number of rotatable bonds is 3. The van der Waals surface area contributed by atoms with Gasteiger partial charge in [-0.2, -0.15) is 13.2 Å². The van der Waals surface area contributed by atoms with Gasteiger partial charge < -0.3 is 9.64 Å². The SMILES string of the molecule is C=CCN(C)C(=O)C(=O)OCC#CC(F)(F)F. The molecule has 94 valence electrons. The maximum Gasteiger partial charge on any atom is 0.457 e. The minimum Gasteiger partial charge on any atom is -0.445 e. The molecule has 0 radical (unpaired) electrons. The fraction of sp³-hybridized carbons (Fsp3) is 0.400. The van der Waals surface area contributed by atoms with Gasteiger partial charge in [-0.25, -0.2) is 4.79 Å². The molecule has 0 rings (SSSR count). The molecule has 0 fully saturated rings. The number of hydrogen-bond donors (Lipinski definition) is 0. The summed E-state index contributed by atoms with van der Waals surface area (Å²) in [6, 6.07) is 0. The Balaban J connectivity index is 4.14. The first kappa shape index (κ1) is 15.0. The van der Waals surface area contributed by atoms with Gasteiger partial charge in [0.1, 0.15) is 0 Å². The van der Waals surface area contributed by atoms with Crippen LogP contribution < -0.4 is 0 Å². The van der Waals surface area contributed by atoms with Crippen LogP contribution in [0.4, 0.5) is 13.2 Å². The zero-order chi connectivity index (χ0) is 13.5. The number of amides is 1. The number of carbonyl (C=O) groups excluding carboxylic acids is 2. The molecule has 0 spiro atoms. The zero-order valence-electron chi connectivity index (χ0n) is 9.00. The minimum absolute atomic E-state index is 0.127. The van der Waals surface area contributed by atoms with E-state index < -0.39 is 24.7 Å². The summed E-state index contributed by atoms with van der Waals surface area (Å²) in [4.78, 5) is 23.2. The lowest BCUT2D eigenvalue weighted by Gasteiger charge is -2.12. The first-order chi connectivity index (χ1) is 7.78. The quantitative estimate of drug-likeness (QED) is 0.321. The van der Waals surface area contributed by atoms with E-state index in [-0.39, 0.29) is 6.54 Å². The average molecular weight is 249 g/mol. The molecule has 0 aromatic carbocycles. The van der Waals surface area contributed by atoms with E-state index in [1.165, 1.54) is 13.1 Å². The van der Waals surface area contributed by atoms with E-state index in [2.05, 4.69) is 11.3 Å². The van der Waals surface area contributed by atoms with Gasteiger partial charge in [-0.1, -0.05) is 12.0 Å². The summed E-state index contributed by atoms with van der Waals surface area (Å²) >= 11 is 0. The molecule has 0 unspecified atom stereocenters. The van der Waals surface area contributed by atoms with Crippen LogP contribution in [-0.2, 0) is 14.3 Å². The largest absolute Gasteiger partial charge is 0.457 e. The molecule has 0 aliphatic rings. The summed E-state index contributed by atoms with van der Waals surface area (Å²) in [5.74, 6) is 0.243. The van der Waals surface area contributed by atoms with Crippen molar-refractivity contribution in [2.45, 2.75) is 6.18 Å². The van der Waals surface area contributed by atoms with E-state index in [0.717, 1.165) is 10.8 Å². The summed E-state index contributed by atoms with van der Waals surface area (Å²) in [6.45, 7) is 2.69. The van der Waals surface area contributed by atoms with Gasteiger partial charge in [-0.15, -0.1) is 6.58 Å². The van der Waals surface area contributed by atoms with Gasteiger partial charge >= 0.3 is 18.1 Å². The lowest BCUT2D eigenvalue weighted by Crippen LogP contribution is -2.34. The van der Waals surface area contributed by atoms with Crippen LogP contribution in [0.3, 0.4) is 0 Å². The zero-order valence-corrected chi connectivity index (χ0v) is 9.00. The first-order valence-electron chi connectivity index (χ1n) is 4.38. The van der Waals surface area contributed by atoms with Crippen LogP contribution in [0.2, 0.25) is 0 Å². The van der Waals surface area contributed by atoms with Gasteiger partial charge in [-0.3, -0.25) is 4.79 Å². The van der Waals surface area contributed by atoms with E-state index in [1.807, 2.05) is 0 Å². The van der Waals surface area contributed by atoms with Gasteiger partial charge in [0.05, 0.1) is 0 Å². The molecule has 0 bridgehead atoms. The summed E-state index contributed by atoms with van der Waals surface area (Å²) < 4.78 is 38.9. The molecule has 0 saturated heterocycles. The summed E-state index contributed by atoms with van der Waals surface area (Å²) in [6.07, 6.45) is -3.26. The Labute approximate surface area is 96.0 Å². The molecule has 1 amide bonds. The van der Waals surface area contributed by atoms with Crippen LogP contribution in [-0.4, -0.2) is 43.2 Å². The van der Waals surface area contributed by atoms with Crippen LogP contribution in [0.25, 0.3) is 0 Å². The molecule has 7 heteroatoms. The van der Waals surface area contributed by atoms with Crippen molar-refractivity contribution in [3.63, 3.8) is 0 Å². The third kappa shape index (κ3) is 7.00. The second-order valence-corrected chi connectivity index (χ2v) is 2.85. The van der Waals surface area contributed by atoms with Gasteiger partial charge in [0.2, 0.25) is 0 Å². The Morgan fingerprint density at radius 2 is 2.06 bits per heavy atom. The lowest BCUT2D eigenvalue weighted by molar-refractivity contribution is -0.158. The predicted octanol–water partition coefficient (Wildman–Crippen LogP) is 0.740. The highest BCUT2D eigenvalue weighted by Gasteiger charge is 2.23. The maximum absolute atomic E-state index is 11.6. The van der Waals surface area contributed by atoms with E-state index in [9.17, 15) is 22.8 Å². The molecule has 0 aromatic heterocycles. The number of halogens is 3. The van der Waals surface area contributed by atoms with Crippen LogP contribution >= 0.6 is 0 Å². The molecular formula is C10H10F3NO3. The number of ether oxygens (including phenoxy) is 1. The average Bonchev–Trinajstić information content (AvgIpc) is 2.22. The Hall–Kier alpha value is -1.97. The van der Waals surface area contributed by atoms with Crippen molar-refractivity contribution < 1.29 is 27.5 Å². The van der Waals surface area contributed by atoms with Crippen molar-refractivity contribution in [1.29, 1.82) is 0 Å². The molecule has 4 nitrogen and oxygen atoms in total. The summed E-state index contributed by atoms with van der Waals surface area (Å²) in [5.41, 5.74) is 0. The van der Waals surface area contributed by atoms with Crippen molar-refractivity contribution in [3.8, 4) is 11.8 Å². The maximum atomic E-state index is 11.6. The van der Waals surface area contributed by atoms with Gasteiger partial charge in [0, 0.05) is 19.5 Å². The van der Waals surface area contributed by atoms with Crippen molar-refractivity contribution in [2.24, 2.45) is 0 Å². The highest BCUT2D eigenvalue weighted by atomic mass is 19.4. The topological polar surface area (TPSA) is 46.6 Å². The molecule has 0 aromatic rings. The van der Waals surface area contributed by atoms with Gasteiger partial charge in [0.15, 0.2) is 6.61 Å². The molecule has 0 aliphatic heterocycles. The number of carbonyl (C=O) groups is 2. The van der Waals surface area contributed by atoms with Crippen LogP contribution in [0.5, 0.6) is 0 Å². The number of alkyl halides is 3.